The average molecular weight is 763 g/mol. The van der Waals surface area contributed by atoms with Crippen molar-refractivity contribution < 1.29 is 28.9 Å². The van der Waals surface area contributed by atoms with E-state index >= 15 is 0 Å². The SMILES string of the molecule is CCOC(=O)C[C@@H](c1ccc(O)cc1)c1nccn1C.CCOC(=O)C[C@@H](c1ccc(OCc2cccc(-c3ccc(Cl)cc3C)c2)cc1)c1nccn1C. The number of carbonyl (C=O) groups excluding carboxylic acids is 2. The molecule has 0 radical (unpaired) electrons. The summed E-state index contributed by atoms with van der Waals surface area (Å²) in [6.07, 6.45) is 7.62. The number of hydrogen-bond donors (Lipinski definition) is 1. The maximum atomic E-state index is 12.2. The topological polar surface area (TPSA) is 118 Å². The Morgan fingerprint density at radius 2 is 1.29 bits per heavy atom. The van der Waals surface area contributed by atoms with E-state index in [1.54, 1.807) is 43.6 Å². The Kier molecular flexibility index (Phi) is 14.3. The minimum atomic E-state index is -0.256. The van der Waals surface area contributed by atoms with E-state index in [9.17, 15) is 14.7 Å². The number of imidazole rings is 2. The van der Waals surface area contributed by atoms with Crippen molar-refractivity contribution in [1.82, 2.24) is 19.1 Å². The van der Waals surface area contributed by atoms with Crippen molar-refractivity contribution in [2.24, 2.45) is 14.1 Å². The average Bonchev–Trinajstić information content (AvgIpc) is 3.80. The standard InChI is InChI=1S/C29H29ClN2O3.C15H18N2O3/c1-4-34-28(33)18-27(29-31-14-15-32(29)3)22-8-11-25(12-9-22)35-19-21-6-5-7-23(17-21)26-13-10-24(30)16-20(26)2;1-3-20-14(19)10-13(15-16-8-9-17(15)2)11-4-6-12(18)7-5-11/h5-17,27H,4,18-19H2,1-3H3;4-9,13,18H,3,10H2,1-2H3/t27-;13-/m00/s1. The molecule has 0 spiro atoms. The first-order valence-corrected chi connectivity index (χ1v) is 18.6. The molecule has 10 nitrogen and oxygen atoms in total. The number of hydrogen-bond acceptors (Lipinski definition) is 8. The molecule has 0 amide bonds. The third-order valence-electron chi connectivity index (χ3n) is 9.10. The molecule has 0 bridgehead atoms. The number of esters is 2. The zero-order chi connectivity index (χ0) is 39.3. The number of aromatic hydroxyl groups is 1. The smallest absolute Gasteiger partial charge is 0.306 e. The molecule has 0 aliphatic rings. The molecular weight excluding hydrogens is 716 g/mol. The lowest BCUT2D eigenvalue weighted by atomic mass is 9.94. The Morgan fingerprint density at radius 3 is 1.78 bits per heavy atom. The van der Waals surface area contributed by atoms with Crippen molar-refractivity contribution in [3.8, 4) is 22.6 Å². The van der Waals surface area contributed by atoms with Gasteiger partial charge in [0.05, 0.1) is 37.9 Å². The zero-order valence-corrected chi connectivity index (χ0v) is 32.6. The lowest BCUT2D eigenvalue weighted by molar-refractivity contribution is -0.144. The van der Waals surface area contributed by atoms with Crippen LogP contribution in [0.5, 0.6) is 11.5 Å². The molecule has 11 heteroatoms. The minimum absolute atomic E-state index is 0.186. The number of nitrogens with zero attached hydrogens (tertiary/aromatic N) is 4. The molecule has 0 unspecified atom stereocenters. The summed E-state index contributed by atoms with van der Waals surface area (Å²) in [5, 5.41) is 10.1. The number of benzene rings is 4. The molecule has 2 heterocycles. The van der Waals surface area contributed by atoms with Crippen molar-refractivity contribution >= 4 is 23.5 Å². The van der Waals surface area contributed by atoms with Gasteiger partial charge < -0.3 is 28.5 Å². The van der Waals surface area contributed by atoms with E-state index in [2.05, 4.69) is 35.1 Å². The molecule has 286 valence electrons. The van der Waals surface area contributed by atoms with Gasteiger partial charge in [-0.1, -0.05) is 60.1 Å². The molecule has 4 aromatic carbocycles. The molecule has 55 heavy (non-hydrogen) atoms. The summed E-state index contributed by atoms with van der Waals surface area (Å²) in [6, 6.07) is 28.9. The van der Waals surface area contributed by atoms with E-state index in [0.717, 1.165) is 55.8 Å². The second kappa shape index (κ2) is 19.5. The predicted octanol–water partition coefficient (Wildman–Crippen LogP) is 8.92. The molecule has 0 saturated heterocycles. The first-order chi connectivity index (χ1) is 26.6. The van der Waals surface area contributed by atoms with Gasteiger partial charge >= 0.3 is 11.9 Å². The summed E-state index contributed by atoms with van der Waals surface area (Å²) in [7, 11) is 3.82. The molecule has 1 N–H and O–H groups in total. The van der Waals surface area contributed by atoms with Gasteiger partial charge in [-0.3, -0.25) is 9.59 Å². The number of rotatable bonds is 14. The van der Waals surface area contributed by atoms with Crippen LogP contribution in [0, 0.1) is 6.92 Å². The van der Waals surface area contributed by atoms with Gasteiger partial charge in [-0.2, -0.15) is 0 Å². The van der Waals surface area contributed by atoms with Gasteiger partial charge in [0.1, 0.15) is 29.8 Å². The molecule has 6 aromatic rings. The van der Waals surface area contributed by atoms with Crippen LogP contribution in [0.15, 0.2) is 116 Å². The van der Waals surface area contributed by atoms with E-state index < -0.39 is 0 Å². The van der Waals surface area contributed by atoms with Crippen LogP contribution >= 0.6 is 11.6 Å². The highest BCUT2D eigenvalue weighted by molar-refractivity contribution is 6.30. The van der Waals surface area contributed by atoms with Crippen LogP contribution in [0.2, 0.25) is 5.02 Å². The van der Waals surface area contributed by atoms with Crippen LogP contribution in [0.4, 0.5) is 0 Å². The van der Waals surface area contributed by atoms with Crippen LogP contribution in [0.3, 0.4) is 0 Å². The summed E-state index contributed by atoms with van der Waals surface area (Å²) in [4.78, 5) is 32.8. The molecule has 0 aliphatic carbocycles. The fourth-order valence-corrected chi connectivity index (χ4v) is 6.59. The monoisotopic (exact) mass is 762 g/mol. The van der Waals surface area contributed by atoms with Crippen LogP contribution < -0.4 is 4.74 Å². The molecule has 6 rings (SSSR count). The van der Waals surface area contributed by atoms with E-state index in [4.69, 9.17) is 25.8 Å². The molecule has 0 saturated carbocycles. The van der Waals surface area contributed by atoms with Crippen molar-refractivity contribution in [2.45, 2.75) is 52.1 Å². The summed E-state index contributed by atoms with van der Waals surface area (Å²) in [5.74, 6) is 1.70. The fourth-order valence-electron chi connectivity index (χ4n) is 6.36. The number of phenolic OH excluding ortho intramolecular Hbond substituents is 1. The maximum absolute atomic E-state index is 12.2. The third kappa shape index (κ3) is 11.1. The molecule has 0 aliphatic heterocycles. The van der Waals surface area contributed by atoms with E-state index in [1.165, 1.54) is 0 Å². The Bertz CT molecular complexity index is 2160. The quantitative estimate of drug-likeness (QED) is 0.109. The molecule has 0 fully saturated rings. The van der Waals surface area contributed by atoms with Gasteiger partial charge in [0.2, 0.25) is 0 Å². The highest BCUT2D eigenvalue weighted by Crippen LogP contribution is 2.31. The minimum Gasteiger partial charge on any atom is -0.508 e. The highest BCUT2D eigenvalue weighted by Gasteiger charge is 2.24. The summed E-state index contributed by atoms with van der Waals surface area (Å²) in [6.45, 7) is 6.83. The Hall–Kier alpha value is -5.87. The summed E-state index contributed by atoms with van der Waals surface area (Å²) in [5.41, 5.74) is 6.41. The fraction of sp³-hybridized carbons (Fsp3) is 0.273. The Labute approximate surface area is 327 Å². The zero-order valence-electron chi connectivity index (χ0n) is 31.8. The van der Waals surface area contributed by atoms with Gasteiger partial charge in [-0.05, 0) is 96.6 Å². The van der Waals surface area contributed by atoms with Crippen molar-refractivity contribution in [3.63, 3.8) is 0 Å². The predicted molar refractivity (Wildman–Crippen MR) is 213 cm³/mol. The first kappa shape index (κ1) is 40.3. The van der Waals surface area contributed by atoms with Gasteiger partial charge in [0.25, 0.3) is 0 Å². The number of aryl methyl sites for hydroxylation is 3. The van der Waals surface area contributed by atoms with Crippen molar-refractivity contribution in [3.05, 3.63) is 155 Å². The van der Waals surface area contributed by atoms with E-state index in [0.29, 0.717) is 19.8 Å². The maximum Gasteiger partial charge on any atom is 0.306 e. The number of halogens is 1. The molecule has 2 aromatic heterocycles. The van der Waals surface area contributed by atoms with Gasteiger partial charge in [-0.15, -0.1) is 0 Å². The lowest BCUT2D eigenvalue weighted by Crippen LogP contribution is -2.15. The lowest BCUT2D eigenvalue weighted by Gasteiger charge is -2.17. The van der Waals surface area contributed by atoms with Crippen molar-refractivity contribution in [2.75, 3.05) is 13.2 Å². The van der Waals surface area contributed by atoms with E-state index in [-0.39, 0.29) is 42.4 Å². The number of ether oxygens (including phenoxy) is 3. The van der Waals surface area contributed by atoms with E-state index in [1.807, 2.05) is 91.1 Å². The van der Waals surface area contributed by atoms with Crippen molar-refractivity contribution in [1.29, 1.82) is 0 Å². The summed E-state index contributed by atoms with van der Waals surface area (Å²) >= 11 is 6.11. The Morgan fingerprint density at radius 1 is 0.745 bits per heavy atom. The summed E-state index contributed by atoms with van der Waals surface area (Å²) < 4.78 is 20.1. The number of aromatic nitrogens is 4. The highest BCUT2D eigenvalue weighted by atomic mass is 35.5. The van der Waals surface area contributed by atoms with Crippen LogP contribution in [0.25, 0.3) is 11.1 Å². The number of carbonyl (C=O) groups is 2. The third-order valence-corrected chi connectivity index (χ3v) is 9.34. The second-order valence-electron chi connectivity index (χ2n) is 13.0. The van der Waals surface area contributed by atoms with Gasteiger partial charge in [0, 0.05) is 43.9 Å². The Balaban J connectivity index is 0.000000246. The first-order valence-electron chi connectivity index (χ1n) is 18.2. The molecule has 2 atom stereocenters. The van der Waals surface area contributed by atoms with Gasteiger partial charge in [0.15, 0.2) is 0 Å². The number of phenols is 1. The van der Waals surface area contributed by atoms with Crippen LogP contribution in [0.1, 0.15) is 72.4 Å². The largest absolute Gasteiger partial charge is 0.508 e. The van der Waals surface area contributed by atoms with Crippen LogP contribution in [-0.4, -0.2) is 49.4 Å². The second-order valence-corrected chi connectivity index (χ2v) is 13.5. The normalized spacial score (nSPS) is 11.9. The molecular formula is C44H47ClN4O6. The van der Waals surface area contributed by atoms with Gasteiger partial charge in [-0.25, -0.2) is 9.97 Å². The van der Waals surface area contributed by atoms with Crippen LogP contribution in [-0.2, 0) is 39.8 Å².